The molecule has 100 valence electrons. The van der Waals surface area contributed by atoms with E-state index in [9.17, 15) is 17.6 Å². The highest BCUT2D eigenvalue weighted by Gasteiger charge is 2.23. The smallest absolute Gasteiger partial charge is 0.131 e. The Kier molecular flexibility index (Phi) is 3.80. The van der Waals surface area contributed by atoms with E-state index in [4.69, 9.17) is 11.6 Å². The van der Waals surface area contributed by atoms with E-state index in [-0.39, 0.29) is 11.1 Å². The van der Waals surface area contributed by atoms with E-state index in [1.54, 1.807) is 0 Å². The minimum atomic E-state index is -1.43. The van der Waals surface area contributed by atoms with Crippen molar-refractivity contribution in [2.75, 3.05) is 0 Å². The predicted molar refractivity (Wildman–Crippen MR) is 65.1 cm³/mol. The molecule has 19 heavy (non-hydrogen) atoms. The maximum absolute atomic E-state index is 13.7. The molecule has 0 nitrogen and oxygen atoms in total. The first-order valence-electron chi connectivity index (χ1n) is 5.45. The third kappa shape index (κ3) is 2.59. The van der Waals surface area contributed by atoms with Crippen molar-refractivity contribution in [2.24, 2.45) is 0 Å². The quantitative estimate of drug-likeness (QED) is 0.546. The maximum Gasteiger partial charge on any atom is 0.131 e. The minimum Gasteiger partial charge on any atom is -0.207 e. The van der Waals surface area contributed by atoms with Crippen LogP contribution in [0.25, 0.3) is 0 Å². The van der Waals surface area contributed by atoms with Gasteiger partial charge in [-0.05, 0) is 36.8 Å². The van der Waals surface area contributed by atoms with Crippen molar-refractivity contribution in [3.05, 3.63) is 70.3 Å². The monoisotopic (exact) mass is 288 g/mol. The molecule has 0 aromatic heterocycles. The zero-order chi connectivity index (χ0) is 14.2. The zero-order valence-electron chi connectivity index (χ0n) is 9.85. The van der Waals surface area contributed by atoms with E-state index >= 15 is 0 Å². The van der Waals surface area contributed by atoms with E-state index in [2.05, 4.69) is 0 Å². The average molecular weight is 289 g/mol. The van der Waals surface area contributed by atoms with E-state index in [0.717, 1.165) is 24.3 Å². The van der Waals surface area contributed by atoms with Gasteiger partial charge in [0.2, 0.25) is 0 Å². The second-order valence-electron chi connectivity index (χ2n) is 4.12. The number of benzene rings is 2. The Hall–Kier alpha value is -1.55. The summed E-state index contributed by atoms with van der Waals surface area (Å²) in [6.07, 6.45) is 0. The molecular formula is C14H9ClF4. The van der Waals surface area contributed by atoms with Gasteiger partial charge in [0.15, 0.2) is 0 Å². The van der Waals surface area contributed by atoms with Crippen molar-refractivity contribution in [1.82, 2.24) is 0 Å². The lowest BCUT2D eigenvalue weighted by Crippen LogP contribution is -2.04. The van der Waals surface area contributed by atoms with Gasteiger partial charge in [0.25, 0.3) is 0 Å². The van der Waals surface area contributed by atoms with Gasteiger partial charge in [-0.1, -0.05) is 6.07 Å². The molecule has 0 aliphatic heterocycles. The van der Waals surface area contributed by atoms with Gasteiger partial charge in [-0.25, -0.2) is 17.6 Å². The Bertz CT molecular complexity index is 605. The van der Waals surface area contributed by atoms with E-state index in [1.165, 1.54) is 13.0 Å². The normalized spacial score (nSPS) is 12.5. The SMILES string of the molecule is Cc1cc(F)c(C(Cl)c2c(F)cccc2F)cc1F. The van der Waals surface area contributed by atoms with Crippen LogP contribution in [0.15, 0.2) is 30.3 Å². The van der Waals surface area contributed by atoms with Crippen LogP contribution in [0, 0.1) is 30.2 Å². The Morgan fingerprint density at radius 1 is 0.895 bits per heavy atom. The summed E-state index contributed by atoms with van der Waals surface area (Å²) in [7, 11) is 0. The molecule has 0 N–H and O–H groups in total. The molecule has 0 saturated heterocycles. The third-order valence-electron chi connectivity index (χ3n) is 2.80. The first-order valence-corrected chi connectivity index (χ1v) is 5.89. The third-order valence-corrected chi connectivity index (χ3v) is 3.26. The molecule has 0 aliphatic rings. The molecular weight excluding hydrogens is 280 g/mol. The topological polar surface area (TPSA) is 0 Å². The number of hydrogen-bond acceptors (Lipinski definition) is 0. The van der Waals surface area contributed by atoms with Crippen LogP contribution in [0.4, 0.5) is 17.6 Å². The summed E-state index contributed by atoms with van der Waals surface area (Å²) in [4.78, 5) is 0. The van der Waals surface area contributed by atoms with Gasteiger partial charge in [-0.3, -0.25) is 0 Å². The molecule has 0 aliphatic carbocycles. The Balaban J connectivity index is 2.56. The fourth-order valence-electron chi connectivity index (χ4n) is 1.76. The van der Waals surface area contributed by atoms with Crippen LogP contribution in [0.2, 0.25) is 0 Å². The van der Waals surface area contributed by atoms with Crippen molar-refractivity contribution in [2.45, 2.75) is 12.3 Å². The Labute approximate surface area is 112 Å². The summed E-state index contributed by atoms with van der Waals surface area (Å²) in [5, 5.41) is -1.43. The van der Waals surface area contributed by atoms with Gasteiger partial charge in [0.05, 0.1) is 5.38 Å². The Morgan fingerprint density at radius 2 is 1.47 bits per heavy atom. The first-order chi connectivity index (χ1) is 8.91. The number of halogens is 5. The van der Waals surface area contributed by atoms with Crippen LogP contribution in [0.1, 0.15) is 22.1 Å². The maximum atomic E-state index is 13.7. The standard InChI is InChI=1S/C14H9ClF4/c1-7-5-12(19)8(6-11(7)18)14(15)13-9(16)3-2-4-10(13)17/h2-6,14H,1H3. The molecule has 2 aromatic rings. The largest absolute Gasteiger partial charge is 0.207 e. The van der Waals surface area contributed by atoms with Crippen molar-refractivity contribution < 1.29 is 17.6 Å². The molecule has 0 saturated carbocycles. The summed E-state index contributed by atoms with van der Waals surface area (Å²) in [6.45, 7) is 1.38. The summed E-state index contributed by atoms with van der Waals surface area (Å²) in [6, 6.07) is 4.99. The van der Waals surface area contributed by atoms with Gasteiger partial charge in [0.1, 0.15) is 23.3 Å². The molecule has 0 spiro atoms. The van der Waals surface area contributed by atoms with Gasteiger partial charge in [-0.2, -0.15) is 0 Å². The lowest BCUT2D eigenvalue weighted by Gasteiger charge is -2.14. The molecule has 0 bridgehead atoms. The minimum absolute atomic E-state index is 0.0964. The highest BCUT2D eigenvalue weighted by molar-refractivity contribution is 6.22. The van der Waals surface area contributed by atoms with Crippen molar-refractivity contribution >= 4 is 11.6 Å². The van der Waals surface area contributed by atoms with E-state index < -0.39 is 34.2 Å². The van der Waals surface area contributed by atoms with Crippen LogP contribution in [-0.2, 0) is 0 Å². The molecule has 0 amide bonds. The first kappa shape index (κ1) is 13.9. The van der Waals surface area contributed by atoms with Crippen LogP contribution in [-0.4, -0.2) is 0 Å². The van der Waals surface area contributed by atoms with Crippen LogP contribution in [0.5, 0.6) is 0 Å². The molecule has 0 fully saturated rings. The highest BCUT2D eigenvalue weighted by atomic mass is 35.5. The summed E-state index contributed by atoms with van der Waals surface area (Å²) in [5.74, 6) is -3.29. The van der Waals surface area contributed by atoms with Gasteiger partial charge >= 0.3 is 0 Å². The molecule has 0 radical (unpaired) electrons. The number of rotatable bonds is 2. The molecule has 2 aromatic carbocycles. The Morgan fingerprint density at radius 3 is 2.05 bits per heavy atom. The predicted octanol–water partition coefficient (Wildman–Crippen LogP) is 4.88. The summed E-state index contributed by atoms with van der Waals surface area (Å²) >= 11 is 5.89. The zero-order valence-corrected chi connectivity index (χ0v) is 10.6. The molecule has 1 atom stereocenters. The number of hydrogen-bond donors (Lipinski definition) is 0. The second-order valence-corrected chi connectivity index (χ2v) is 4.56. The lowest BCUT2D eigenvalue weighted by molar-refractivity contribution is 0.548. The fraction of sp³-hybridized carbons (Fsp3) is 0.143. The number of aryl methyl sites for hydroxylation is 1. The van der Waals surface area contributed by atoms with E-state index in [1.807, 2.05) is 0 Å². The molecule has 5 heteroatoms. The average Bonchev–Trinajstić information content (AvgIpc) is 2.33. The molecule has 1 unspecified atom stereocenters. The van der Waals surface area contributed by atoms with Gasteiger partial charge in [0, 0.05) is 11.1 Å². The van der Waals surface area contributed by atoms with E-state index in [0.29, 0.717) is 0 Å². The van der Waals surface area contributed by atoms with Gasteiger partial charge < -0.3 is 0 Å². The van der Waals surface area contributed by atoms with Gasteiger partial charge in [-0.15, -0.1) is 11.6 Å². The van der Waals surface area contributed by atoms with Crippen LogP contribution in [0.3, 0.4) is 0 Å². The summed E-state index contributed by atoms with van der Waals surface area (Å²) < 4.78 is 54.3. The van der Waals surface area contributed by atoms with Crippen molar-refractivity contribution in [3.63, 3.8) is 0 Å². The van der Waals surface area contributed by atoms with Crippen LogP contribution < -0.4 is 0 Å². The molecule has 2 rings (SSSR count). The van der Waals surface area contributed by atoms with Crippen LogP contribution >= 0.6 is 11.6 Å². The number of alkyl halides is 1. The lowest BCUT2D eigenvalue weighted by atomic mass is 10.0. The molecule has 0 heterocycles. The van der Waals surface area contributed by atoms with Crippen molar-refractivity contribution in [1.29, 1.82) is 0 Å². The van der Waals surface area contributed by atoms with Crippen molar-refractivity contribution in [3.8, 4) is 0 Å². The second kappa shape index (κ2) is 5.21. The fourth-order valence-corrected chi connectivity index (χ4v) is 2.14. The highest BCUT2D eigenvalue weighted by Crippen LogP contribution is 2.34. The summed E-state index contributed by atoms with van der Waals surface area (Å²) in [5.41, 5.74) is -0.695.